The molecule has 0 aliphatic heterocycles. The molecule has 2 heteroatoms. The highest BCUT2D eigenvalue weighted by atomic mass is 16.5. The lowest BCUT2D eigenvalue weighted by Gasteiger charge is -1.92. The summed E-state index contributed by atoms with van der Waals surface area (Å²) in [6, 6.07) is 0. The van der Waals surface area contributed by atoms with Crippen LogP contribution in [-0.2, 0) is 6.42 Å². The third-order valence-corrected chi connectivity index (χ3v) is 1.65. The first-order chi connectivity index (χ1) is 4.84. The summed E-state index contributed by atoms with van der Waals surface area (Å²) in [6.07, 6.45) is 5.30. The lowest BCUT2D eigenvalue weighted by Crippen LogP contribution is -1.84. The number of aryl methyl sites for hydroxylation is 2. The predicted molar refractivity (Wildman–Crippen MR) is 39.9 cm³/mol. The van der Waals surface area contributed by atoms with Crippen LogP contribution in [0.2, 0.25) is 0 Å². The highest BCUT2D eigenvalue weighted by Crippen LogP contribution is 2.08. The second-order valence-electron chi connectivity index (χ2n) is 2.53. The third-order valence-electron chi connectivity index (χ3n) is 1.65. The highest BCUT2D eigenvalue weighted by Gasteiger charge is 1.99. The minimum absolute atomic E-state index is 1.04. The smallest absolute Gasteiger partial charge is 0.127 e. The molecule has 0 aromatic carbocycles. The number of hydrogen-bond donors (Lipinski definition) is 0. The Kier molecular flexibility index (Phi) is 2.49. The van der Waals surface area contributed by atoms with Crippen LogP contribution < -0.4 is 0 Å². The second kappa shape index (κ2) is 3.40. The van der Waals surface area contributed by atoms with Gasteiger partial charge in [0, 0.05) is 5.56 Å². The van der Waals surface area contributed by atoms with Crippen molar-refractivity contribution in [3.8, 4) is 0 Å². The summed E-state index contributed by atoms with van der Waals surface area (Å²) in [5.74, 6) is 0. The van der Waals surface area contributed by atoms with Gasteiger partial charge in [-0.15, -0.1) is 0 Å². The molecule has 0 spiro atoms. The average Bonchev–Trinajstić information content (AvgIpc) is 2.31. The van der Waals surface area contributed by atoms with E-state index in [1.54, 1.807) is 6.26 Å². The van der Waals surface area contributed by atoms with E-state index in [0.717, 1.165) is 12.1 Å². The molecule has 56 valence electrons. The Labute approximate surface area is 61.2 Å². The zero-order valence-electron chi connectivity index (χ0n) is 6.55. The van der Waals surface area contributed by atoms with Gasteiger partial charge in [-0.3, -0.25) is 0 Å². The first-order valence-electron chi connectivity index (χ1n) is 3.74. The molecule has 10 heavy (non-hydrogen) atoms. The standard InChI is InChI=1S/C8H13NO/c1-3-4-5-8-6-10-9-7(8)2/h6H,3-5H2,1-2H3. The van der Waals surface area contributed by atoms with Crippen LogP contribution >= 0.6 is 0 Å². The van der Waals surface area contributed by atoms with E-state index in [4.69, 9.17) is 4.52 Å². The van der Waals surface area contributed by atoms with E-state index >= 15 is 0 Å². The van der Waals surface area contributed by atoms with E-state index in [-0.39, 0.29) is 0 Å². The van der Waals surface area contributed by atoms with Gasteiger partial charge in [0.15, 0.2) is 0 Å². The topological polar surface area (TPSA) is 26.0 Å². The van der Waals surface area contributed by atoms with Crippen molar-refractivity contribution < 1.29 is 4.52 Å². The molecule has 0 fully saturated rings. The van der Waals surface area contributed by atoms with Gasteiger partial charge in [-0.05, 0) is 19.8 Å². The Bertz CT molecular complexity index is 193. The molecule has 0 aliphatic rings. The summed E-state index contributed by atoms with van der Waals surface area (Å²) in [6.45, 7) is 4.16. The number of nitrogens with zero attached hydrogens (tertiary/aromatic N) is 1. The summed E-state index contributed by atoms with van der Waals surface area (Å²) >= 11 is 0. The van der Waals surface area contributed by atoms with Crippen molar-refractivity contribution >= 4 is 0 Å². The van der Waals surface area contributed by atoms with Gasteiger partial charge in [-0.2, -0.15) is 0 Å². The van der Waals surface area contributed by atoms with Gasteiger partial charge in [0.25, 0.3) is 0 Å². The predicted octanol–water partition coefficient (Wildman–Crippen LogP) is 2.33. The molecule has 0 amide bonds. The molecule has 0 aliphatic carbocycles. The Balaban J connectivity index is 2.49. The van der Waals surface area contributed by atoms with Crippen molar-refractivity contribution in [1.29, 1.82) is 0 Å². The zero-order chi connectivity index (χ0) is 7.40. The summed E-state index contributed by atoms with van der Waals surface area (Å²) in [5, 5.41) is 3.79. The first-order valence-corrected chi connectivity index (χ1v) is 3.74. The van der Waals surface area contributed by atoms with Crippen LogP contribution in [0.4, 0.5) is 0 Å². The fourth-order valence-electron chi connectivity index (χ4n) is 0.920. The summed E-state index contributed by atoms with van der Waals surface area (Å²) in [7, 11) is 0. The monoisotopic (exact) mass is 139 g/mol. The van der Waals surface area contributed by atoms with E-state index in [2.05, 4.69) is 12.1 Å². The van der Waals surface area contributed by atoms with Crippen molar-refractivity contribution in [2.75, 3.05) is 0 Å². The van der Waals surface area contributed by atoms with E-state index in [1.165, 1.54) is 18.4 Å². The molecule has 1 rings (SSSR count). The lowest BCUT2D eigenvalue weighted by atomic mass is 10.1. The maximum atomic E-state index is 4.79. The second-order valence-corrected chi connectivity index (χ2v) is 2.53. The summed E-state index contributed by atoms with van der Waals surface area (Å²) in [4.78, 5) is 0. The van der Waals surface area contributed by atoms with Gasteiger partial charge in [0.05, 0.1) is 5.69 Å². The molecular weight excluding hydrogens is 126 g/mol. The number of rotatable bonds is 3. The Morgan fingerprint density at radius 3 is 2.90 bits per heavy atom. The number of aromatic nitrogens is 1. The molecule has 0 unspecified atom stereocenters. The fourth-order valence-corrected chi connectivity index (χ4v) is 0.920. The van der Waals surface area contributed by atoms with Gasteiger partial charge in [-0.1, -0.05) is 18.5 Å². The van der Waals surface area contributed by atoms with E-state index in [9.17, 15) is 0 Å². The average molecular weight is 139 g/mol. The quantitative estimate of drug-likeness (QED) is 0.642. The molecule has 1 aromatic rings. The van der Waals surface area contributed by atoms with Gasteiger partial charge < -0.3 is 4.52 Å². The molecule has 0 N–H and O–H groups in total. The van der Waals surface area contributed by atoms with Crippen molar-refractivity contribution in [2.45, 2.75) is 33.1 Å². The Hall–Kier alpha value is -0.790. The van der Waals surface area contributed by atoms with Gasteiger partial charge in [0.1, 0.15) is 6.26 Å². The Morgan fingerprint density at radius 1 is 1.60 bits per heavy atom. The van der Waals surface area contributed by atoms with E-state index < -0.39 is 0 Å². The van der Waals surface area contributed by atoms with Crippen molar-refractivity contribution in [1.82, 2.24) is 5.16 Å². The molecule has 0 saturated carbocycles. The molecule has 1 aromatic heterocycles. The normalized spacial score (nSPS) is 10.2. The van der Waals surface area contributed by atoms with Gasteiger partial charge >= 0.3 is 0 Å². The van der Waals surface area contributed by atoms with Crippen LogP contribution in [0.15, 0.2) is 10.8 Å². The van der Waals surface area contributed by atoms with E-state index in [0.29, 0.717) is 0 Å². The highest BCUT2D eigenvalue weighted by molar-refractivity contribution is 5.12. The van der Waals surface area contributed by atoms with Crippen LogP contribution in [0.3, 0.4) is 0 Å². The van der Waals surface area contributed by atoms with Crippen LogP contribution in [-0.4, -0.2) is 5.16 Å². The molecule has 2 nitrogen and oxygen atoms in total. The largest absolute Gasteiger partial charge is 0.364 e. The summed E-state index contributed by atoms with van der Waals surface area (Å²) < 4.78 is 4.79. The first kappa shape index (κ1) is 7.32. The maximum Gasteiger partial charge on any atom is 0.127 e. The van der Waals surface area contributed by atoms with E-state index in [1.807, 2.05) is 6.92 Å². The van der Waals surface area contributed by atoms with Gasteiger partial charge in [-0.25, -0.2) is 0 Å². The number of hydrogen-bond acceptors (Lipinski definition) is 2. The van der Waals surface area contributed by atoms with Crippen LogP contribution in [0.5, 0.6) is 0 Å². The molecule has 1 heterocycles. The van der Waals surface area contributed by atoms with Crippen molar-refractivity contribution in [3.05, 3.63) is 17.5 Å². The summed E-state index contributed by atoms with van der Waals surface area (Å²) in [5.41, 5.74) is 2.29. The van der Waals surface area contributed by atoms with Gasteiger partial charge in [0.2, 0.25) is 0 Å². The SMILES string of the molecule is CCCCc1conc1C. The van der Waals surface area contributed by atoms with Crippen LogP contribution in [0.25, 0.3) is 0 Å². The van der Waals surface area contributed by atoms with Crippen LogP contribution in [0.1, 0.15) is 31.0 Å². The lowest BCUT2D eigenvalue weighted by molar-refractivity contribution is 0.414. The Morgan fingerprint density at radius 2 is 2.40 bits per heavy atom. The molecule has 0 atom stereocenters. The molecule has 0 bridgehead atoms. The van der Waals surface area contributed by atoms with Crippen molar-refractivity contribution in [2.24, 2.45) is 0 Å². The van der Waals surface area contributed by atoms with Crippen LogP contribution in [0, 0.1) is 6.92 Å². The molecular formula is C8H13NO. The maximum absolute atomic E-state index is 4.79. The minimum Gasteiger partial charge on any atom is -0.364 e. The molecule has 0 radical (unpaired) electrons. The zero-order valence-corrected chi connectivity index (χ0v) is 6.55. The molecule has 0 saturated heterocycles. The number of unbranched alkanes of at least 4 members (excludes halogenated alkanes) is 1. The third kappa shape index (κ3) is 1.59. The minimum atomic E-state index is 1.04. The van der Waals surface area contributed by atoms with Crippen molar-refractivity contribution in [3.63, 3.8) is 0 Å². The fraction of sp³-hybridized carbons (Fsp3) is 0.625.